The van der Waals surface area contributed by atoms with Crippen LogP contribution in [0, 0.1) is 13.8 Å². The molecule has 1 atom stereocenters. The second kappa shape index (κ2) is 13.1. The van der Waals surface area contributed by atoms with Gasteiger partial charge in [-0.2, -0.15) is 0 Å². The Morgan fingerprint density at radius 1 is 0.872 bits per heavy atom. The van der Waals surface area contributed by atoms with Gasteiger partial charge in [0.05, 0.1) is 10.6 Å². The minimum Gasteiger partial charge on any atom is -0.352 e. The van der Waals surface area contributed by atoms with Crippen molar-refractivity contribution in [1.82, 2.24) is 10.2 Å². The molecule has 208 valence electrons. The SMILES string of the molecule is CC[C@H](C(=O)NC(C)C)N(Cc1ccc(C)cc1)C(=O)CN(c1ccc(C)cc1)S(=O)(=O)c1ccc(Cl)cc1. The Labute approximate surface area is 236 Å². The summed E-state index contributed by atoms with van der Waals surface area (Å²) in [5.41, 5.74) is 3.21. The molecular weight excluding hydrogens is 534 g/mol. The van der Waals surface area contributed by atoms with Gasteiger partial charge in [-0.05, 0) is 76.1 Å². The average Bonchev–Trinajstić information content (AvgIpc) is 2.88. The van der Waals surface area contributed by atoms with Gasteiger partial charge in [0.2, 0.25) is 11.8 Å². The predicted molar refractivity (Wildman–Crippen MR) is 156 cm³/mol. The fourth-order valence-electron chi connectivity index (χ4n) is 4.16. The fourth-order valence-corrected chi connectivity index (χ4v) is 5.70. The molecule has 0 unspecified atom stereocenters. The maximum atomic E-state index is 14.0. The molecule has 9 heteroatoms. The first kappa shape index (κ1) is 30.2. The minimum absolute atomic E-state index is 0.00921. The van der Waals surface area contributed by atoms with Crippen LogP contribution >= 0.6 is 11.6 Å². The number of sulfonamides is 1. The van der Waals surface area contributed by atoms with Crippen LogP contribution in [0.15, 0.2) is 77.7 Å². The molecule has 3 aromatic rings. The maximum Gasteiger partial charge on any atom is 0.264 e. The van der Waals surface area contributed by atoms with E-state index in [-0.39, 0.29) is 23.4 Å². The molecule has 2 amide bonds. The highest BCUT2D eigenvalue weighted by Gasteiger charge is 2.33. The van der Waals surface area contributed by atoms with Crippen molar-refractivity contribution in [3.63, 3.8) is 0 Å². The van der Waals surface area contributed by atoms with E-state index in [1.807, 2.05) is 58.9 Å². The van der Waals surface area contributed by atoms with E-state index in [2.05, 4.69) is 5.32 Å². The van der Waals surface area contributed by atoms with E-state index in [4.69, 9.17) is 11.6 Å². The summed E-state index contributed by atoms with van der Waals surface area (Å²) in [7, 11) is -4.14. The van der Waals surface area contributed by atoms with Crippen LogP contribution in [0.2, 0.25) is 5.02 Å². The zero-order valence-electron chi connectivity index (χ0n) is 23.0. The molecule has 0 saturated heterocycles. The van der Waals surface area contributed by atoms with Gasteiger partial charge in [-0.3, -0.25) is 13.9 Å². The van der Waals surface area contributed by atoms with E-state index < -0.39 is 28.5 Å². The number of hydrogen-bond donors (Lipinski definition) is 1. The average molecular weight is 570 g/mol. The summed E-state index contributed by atoms with van der Waals surface area (Å²) in [6.07, 6.45) is 0.366. The molecule has 7 nitrogen and oxygen atoms in total. The Kier molecular flexibility index (Phi) is 10.2. The predicted octanol–water partition coefficient (Wildman–Crippen LogP) is 5.48. The Bertz CT molecular complexity index is 1370. The number of halogens is 1. The highest BCUT2D eigenvalue weighted by atomic mass is 35.5. The molecule has 0 saturated carbocycles. The number of anilines is 1. The molecule has 0 aliphatic carbocycles. The molecule has 0 heterocycles. The van der Waals surface area contributed by atoms with E-state index in [1.165, 1.54) is 29.2 Å². The molecule has 0 radical (unpaired) electrons. The number of nitrogens with one attached hydrogen (secondary N) is 1. The first-order chi connectivity index (χ1) is 18.4. The van der Waals surface area contributed by atoms with E-state index in [0.717, 1.165) is 21.0 Å². The monoisotopic (exact) mass is 569 g/mol. The zero-order chi connectivity index (χ0) is 28.7. The third-order valence-electron chi connectivity index (χ3n) is 6.29. The number of benzene rings is 3. The van der Waals surface area contributed by atoms with Gasteiger partial charge in [0.1, 0.15) is 12.6 Å². The lowest BCUT2D eigenvalue weighted by Gasteiger charge is -2.33. The van der Waals surface area contributed by atoms with Crippen LogP contribution in [0.1, 0.15) is 43.9 Å². The lowest BCUT2D eigenvalue weighted by atomic mass is 10.1. The molecule has 0 fully saturated rings. The van der Waals surface area contributed by atoms with Crippen LogP contribution in [-0.4, -0.2) is 43.8 Å². The molecule has 1 N–H and O–H groups in total. The minimum atomic E-state index is -4.14. The van der Waals surface area contributed by atoms with Gasteiger partial charge in [-0.1, -0.05) is 66.0 Å². The molecule has 3 aromatic carbocycles. The van der Waals surface area contributed by atoms with Crippen LogP contribution in [0.3, 0.4) is 0 Å². The topological polar surface area (TPSA) is 86.8 Å². The summed E-state index contributed by atoms with van der Waals surface area (Å²) in [5, 5.41) is 3.30. The molecule has 0 aromatic heterocycles. The van der Waals surface area contributed by atoms with Gasteiger partial charge in [0.15, 0.2) is 0 Å². The van der Waals surface area contributed by atoms with Gasteiger partial charge in [0, 0.05) is 17.6 Å². The molecule has 0 aliphatic heterocycles. The van der Waals surface area contributed by atoms with Crippen LogP contribution in [0.5, 0.6) is 0 Å². The highest BCUT2D eigenvalue weighted by Crippen LogP contribution is 2.26. The number of carbonyl (C=O) groups is 2. The molecular formula is C30H36ClN3O4S. The van der Waals surface area contributed by atoms with Gasteiger partial charge in [-0.15, -0.1) is 0 Å². The summed E-state index contributed by atoms with van der Waals surface area (Å²) in [6, 6.07) is 19.6. The van der Waals surface area contributed by atoms with E-state index in [1.54, 1.807) is 24.3 Å². The molecule has 0 spiro atoms. The van der Waals surface area contributed by atoms with Gasteiger partial charge < -0.3 is 10.2 Å². The van der Waals surface area contributed by atoms with Crippen LogP contribution < -0.4 is 9.62 Å². The van der Waals surface area contributed by atoms with Crippen molar-refractivity contribution in [2.24, 2.45) is 0 Å². The quantitative estimate of drug-likeness (QED) is 0.331. The van der Waals surface area contributed by atoms with Gasteiger partial charge >= 0.3 is 0 Å². The highest BCUT2D eigenvalue weighted by molar-refractivity contribution is 7.92. The first-order valence-electron chi connectivity index (χ1n) is 12.9. The Morgan fingerprint density at radius 3 is 1.92 bits per heavy atom. The largest absolute Gasteiger partial charge is 0.352 e. The standard InChI is InChI=1S/C30H36ClN3O4S/c1-6-28(30(36)32-21(2)3)33(19-24-11-7-22(4)8-12-24)29(35)20-34(26-15-9-23(5)10-16-26)39(37,38)27-17-13-25(31)14-18-27/h7-18,21,28H,6,19-20H2,1-5H3,(H,32,36)/t28-/m1/s1. The number of hydrogen-bond acceptors (Lipinski definition) is 4. The second-order valence-electron chi connectivity index (χ2n) is 9.90. The lowest BCUT2D eigenvalue weighted by molar-refractivity contribution is -0.140. The van der Waals surface area contributed by atoms with E-state index in [0.29, 0.717) is 17.1 Å². The zero-order valence-corrected chi connectivity index (χ0v) is 24.6. The molecule has 0 aliphatic rings. The van der Waals surface area contributed by atoms with Crippen LogP contribution in [0.4, 0.5) is 5.69 Å². The van der Waals surface area contributed by atoms with Crippen molar-refractivity contribution in [1.29, 1.82) is 0 Å². The number of carbonyl (C=O) groups excluding carboxylic acids is 2. The third-order valence-corrected chi connectivity index (χ3v) is 8.33. The van der Waals surface area contributed by atoms with Crippen molar-refractivity contribution in [3.05, 3.63) is 94.5 Å². The van der Waals surface area contributed by atoms with Gasteiger partial charge in [-0.25, -0.2) is 8.42 Å². The Balaban J connectivity index is 2.05. The third kappa shape index (κ3) is 7.83. The van der Waals surface area contributed by atoms with Crippen LogP contribution in [0.25, 0.3) is 0 Å². The summed E-state index contributed by atoms with van der Waals surface area (Å²) in [6.45, 7) is 9.09. The number of aryl methyl sites for hydroxylation is 2. The normalized spacial score (nSPS) is 12.2. The van der Waals surface area contributed by atoms with Gasteiger partial charge in [0.25, 0.3) is 10.0 Å². The summed E-state index contributed by atoms with van der Waals surface area (Å²) in [5.74, 6) is -0.769. The Hall–Kier alpha value is -3.36. The van der Waals surface area contributed by atoms with E-state index >= 15 is 0 Å². The Morgan fingerprint density at radius 2 is 1.41 bits per heavy atom. The summed E-state index contributed by atoms with van der Waals surface area (Å²) >= 11 is 6.00. The fraction of sp³-hybridized carbons (Fsp3) is 0.333. The first-order valence-corrected chi connectivity index (χ1v) is 14.7. The van der Waals surface area contributed by atoms with Crippen molar-refractivity contribution in [2.75, 3.05) is 10.8 Å². The van der Waals surface area contributed by atoms with Crippen LogP contribution in [-0.2, 0) is 26.2 Å². The van der Waals surface area contributed by atoms with Crippen molar-refractivity contribution in [2.45, 2.75) is 64.6 Å². The number of nitrogens with zero attached hydrogens (tertiary/aromatic N) is 2. The number of amides is 2. The van der Waals surface area contributed by atoms with Crippen molar-refractivity contribution < 1.29 is 18.0 Å². The van der Waals surface area contributed by atoms with Crippen molar-refractivity contribution >= 4 is 39.1 Å². The van der Waals surface area contributed by atoms with Crippen molar-refractivity contribution in [3.8, 4) is 0 Å². The number of rotatable bonds is 11. The molecule has 3 rings (SSSR count). The summed E-state index contributed by atoms with van der Waals surface area (Å²) < 4.78 is 28.8. The maximum absolute atomic E-state index is 14.0. The lowest BCUT2D eigenvalue weighted by Crippen LogP contribution is -2.53. The molecule has 39 heavy (non-hydrogen) atoms. The van der Waals surface area contributed by atoms with E-state index in [9.17, 15) is 18.0 Å². The second-order valence-corrected chi connectivity index (χ2v) is 12.2. The molecule has 0 bridgehead atoms. The smallest absolute Gasteiger partial charge is 0.264 e. The summed E-state index contributed by atoms with van der Waals surface area (Å²) in [4.78, 5) is 28.7.